The molecule has 2 amide bonds. The van der Waals surface area contributed by atoms with Crippen LogP contribution in [0.15, 0.2) is 60.7 Å². The fraction of sp³-hybridized carbons (Fsp3) is 0.0909. The van der Waals surface area contributed by atoms with Gasteiger partial charge in [-0.1, -0.05) is 12.1 Å². The summed E-state index contributed by atoms with van der Waals surface area (Å²) in [4.78, 5) is 23.8. The van der Waals surface area contributed by atoms with Gasteiger partial charge in [0.25, 0.3) is 0 Å². The average Bonchev–Trinajstić information content (AvgIpc) is 2.74. The SMILES string of the molecule is COc1cccc(Nc2cc(C(N)=O)c(C(N)=O)cc2Nc2cccc(OC)c2)c1. The maximum absolute atomic E-state index is 11.9. The van der Waals surface area contributed by atoms with Crippen LogP contribution in [0.1, 0.15) is 20.7 Å². The first-order valence-electron chi connectivity index (χ1n) is 9.01. The number of carbonyl (C=O) groups is 2. The predicted molar refractivity (Wildman–Crippen MR) is 116 cm³/mol. The molecule has 8 heteroatoms. The van der Waals surface area contributed by atoms with E-state index in [0.717, 1.165) is 0 Å². The van der Waals surface area contributed by atoms with Crippen molar-refractivity contribution in [3.05, 3.63) is 71.8 Å². The second kappa shape index (κ2) is 8.87. The molecular weight excluding hydrogens is 384 g/mol. The highest BCUT2D eigenvalue weighted by atomic mass is 16.5. The summed E-state index contributed by atoms with van der Waals surface area (Å²) < 4.78 is 10.5. The Bertz CT molecular complexity index is 1010. The lowest BCUT2D eigenvalue weighted by atomic mass is 10.0. The van der Waals surface area contributed by atoms with Crippen LogP contribution in [0.25, 0.3) is 0 Å². The van der Waals surface area contributed by atoms with Crippen LogP contribution in [0, 0.1) is 0 Å². The molecule has 0 aromatic heterocycles. The molecule has 0 atom stereocenters. The number of hydrogen-bond acceptors (Lipinski definition) is 6. The van der Waals surface area contributed by atoms with Crippen molar-refractivity contribution in [2.24, 2.45) is 11.5 Å². The van der Waals surface area contributed by atoms with E-state index in [1.807, 2.05) is 36.4 Å². The molecule has 0 bridgehead atoms. The summed E-state index contributed by atoms with van der Waals surface area (Å²) in [6.07, 6.45) is 0. The van der Waals surface area contributed by atoms with Crippen molar-refractivity contribution in [3.63, 3.8) is 0 Å². The van der Waals surface area contributed by atoms with Gasteiger partial charge in [-0.2, -0.15) is 0 Å². The van der Waals surface area contributed by atoms with E-state index in [0.29, 0.717) is 34.2 Å². The number of nitrogens with one attached hydrogen (secondary N) is 2. The van der Waals surface area contributed by atoms with Gasteiger partial charge in [-0.25, -0.2) is 0 Å². The van der Waals surface area contributed by atoms with Crippen molar-refractivity contribution in [2.45, 2.75) is 0 Å². The van der Waals surface area contributed by atoms with Crippen molar-refractivity contribution >= 4 is 34.6 Å². The Balaban J connectivity index is 2.10. The van der Waals surface area contributed by atoms with Crippen LogP contribution < -0.4 is 31.6 Å². The van der Waals surface area contributed by atoms with Crippen LogP contribution in [0.5, 0.6) is 11.5 Å². The Morgan fingerprint density at radius 3 is 1.43 bits per heavy atom. The molecule has 0 saturated heterocycles. The number of hydrogen-bond donors (Lipinski definition) is 4. The molecule has 154 valence electrons. The highest BCUT2D eigenvalue weighted by Gasteiger charge is 2.18. The van der Waals surface area contributed by atoms with E-state index >= 15 is 0 Å². The quantitative estimate of drug-likeness (QED) is 0.454. The molecule has 0 unspecified atom stereocenters. The van der Waals surface area contributed by atoms with Gasteiger partial charge >= 0.3 is 0 Å². The number of methoxy groups -OCH3 is 2. The zero-order valence-electron chi connectivity index (χ0n) is 16.6. The number of primary amides is 2. The van der Waals surface area contributed by atoms with Gasteiger partial charge in [-0.15, -0.1) is 0 Å². The zero-order chi connectivity index (χ0) is 21.7. The van der Waals surface area contributed by atoms with Gasteiger partial charge in [0.1, 0.15) is 11.5 Å². The van der Waals surface area contributed by atoms with E-state index in [2.05, 4.69) is 10.6 Å². The van der Waals surface area contributed by atoms with Crippen LogP contribution in [-0.2, 0) is 0 Å². The Labute approximate surface area is 173 Å². The molecule has 0 fully saturated rings. The first-order chi connectivity index (χ1) is 14.4. The molecule has 3 aromatic carbocycles. The Kier molecular flexibility index (Phi) is 6.07. The van der Waals surface area contributed by atoms with E-state index in [1.54, 1.807) is 26.4 Å². The van der Waals surface area contributed by atoms with E-state index in [4.69, 9.17) is 20.9 Å². The molecule has 8 nitrogen and oxygen atoms in total. The first kappa shape index (κ1) is 20.5. The third-order valence-corrected chi connectivity index (χ3v) is 4.39. The molecule has 0 heterocycles. The number of rotatable bonds is 8. The minimum atomic E-state index is -0.759. The third kappa shape index (κ3) is 4.61. The first-order valence-corrected chi connectivity index (χ1v) is 9.01. The fourth-order valence-corrected chi connectivity index (χ4v) is 2.93. The summed E-state index contributed by atoms with van der Waals surface area (Å²) in [6, 6.07) is 17.5. The lowest BCUT2D eigenvalue weighted by Crippen LogP contribution is -2.21. The van der Waals surface area contributed by atoms with Gasteiger partial charge < -0.3 is 31.6 Å². The second-order valence-corrected chi connectivity index (χ2v) is 6.39. The molecule has 0 aliphatic rings. The van der Waals surface area contributed by atoms with E-state index in [1.165, 1.54) is 12.1 Å². The minimum Gasteiger partial charge on any atom is -0.497 e. The standard InChI is InChI=1S/C22H22N4O4/c1-29-15-7-3-5-13(9-15)25-19-11-17(21(23)27)18(22(24)28)12-20(19)26-14-6-4-8-16(10-14)30-2/h3-12,25-26H,1-2H3,(H2,23,27)(H2,24,28). The number of ether oxygens (including phenoxy) is 2. The summed E-state index contributed by atoms with van der Waals surface area (Å²) >= 11 is 0. The molecule has 0 aliphatic heterocycles. The molecule has 0 saturated carbocycles. The molecule has 30 heavy (non-hydrogen) atoms. The van der Waals surface area contributed by atoms with Gasteiger partial charge in [0, 0.05) is 23.5 Å². The lowest BCUT2D eigenvalue weighted by Gasteiger charge is -2.18. The van der Waals surface area contributed by atoms with E-state index in [-0.39, 0.29) is 11.1 Å². The molecule has 0 radical (unpaired) electrons. The number of amides is 2. The van der Waals surface area contributed by atoms with Gasteiger partial charge in [-0.05, 0) is 36.4 Å². The smallest absolute Gasteiger partial charge is 0.249 e. The van der Waals surface area contributed by atoms with Crippen molar-refractivity contribution in [1.82, 2.24) is 0 Å². The second-order valence-electron chi connectivity index (χ2n) is 6.39. The van der Waals surface area contributed by atoms with Crippen LogP contribution >= 0.6 is 0 Å². The van der Waals surface area contributed by atoms with Crippen molar-refractivity contribution in [2.75, 3.05) is 24.9 Å². The van der Waals surface area contributed by atoms with Crippen molar-refractivity contribution < 1.29 is 19.1 Å². The van der Waals surface area contributed by atoms with Crippen LogP contribution in [-0.4, -0.2) is 26.0 Å². The maximum Gasteiger partial charge on any atom is 0.249 e. The summed E-state index contributed by atoms with van der Waals surface area (Å²) in [5.74, 6) is -0.201. The van der Waals surface area contributed by atoms with E-state index in [9.17, 15) is 9.59 Å². The number of carbonyl (C=O) groups excluding carboxylic acids is 2. The average molecular weight is 406 g/mol. The highest BCUT2D eigenvalue weighted by molar-refractivity contribution is 6.08. The molecule has 0 aliphatic carbocycles. The molecule has 3 rings (SSSR count). The van der Waals surface area contributed by atoms with Crippen molar-refractivity contribution in [3.8, 4) is 11.5 Å². The zero-order valence-corrected chi connectivity index (χ0v) is 16.6. The summed E-state index contributed by atoms with van der Waals surface area (Å²) in [6.45, 7) is 0. The van der Waals surface area contributed by atoms with Gasteiger partial charge in [0.2, 0.25) is 11.8 Å². The molecular formula is C22H22N4O4. The van der Waals surface area contributed by atoms with Gasteiger partial charge in [0.15, 0.2) is 0 Å². The Hall–Kier alpha value is -4.20. The van der Waals surface area contributed by atoms with Crippen LogP contribution in [0.3, 0.4) is 0 Å². The number of benzene rings is 3. The van der Waals surface area contributed by atoms with E-state index < -0.39 is 11.8 Å². The predicted octanol–water partition coefficient (Wildman–Crippen LogP) is 3.39. The Morgan fingerprint density at radius 1 is 0.700 bits per heavy atom. The largest absolute Gasteiger partial charge is 0.497 e. The number of anilines is 4. The monoisotopic (exact) mass is 406 g/mol. The molecule has 3 aromatic rings. The van der Waals surface area contributed by atoms with Gasteiger partial charge in [0.05, 0.1) is 36.7 Å². The molecule has 0 spiro atoms. The van der Waals surface area contributed by atoms with Crippen LogP contribution in [0.4, 0.5) is 22.7 Å². The summed E-state index contributed by atoms with van der Waals surface area (Å²) in [5.41, 5.74) is 13.4. The fourth-order valence-electron chi connectivity index (χ4n) is 2.93. The van der Waals surface area contributed by atoms with Gasteiger partial charge in [-0.3, -0.25) is 9.59 Å². The summed E-state index contributed by atoms with van der Waals surface area (Å²) in [5, 5.41) is 6.45. The topological polar surface area (TPSA) is 129 Å². The maximum atomic E-state index is 11.9. The number of nitrogens with two attached hydrogens (primary N) is 2. The normalized spacial score (nSPS) is 10.2. The molecule has 6 N–H and O–H groups in total. The van der Waals surface area contributed by atoms with Crippen LogP contribution in [0.2, 0.25) is 0 Å². The Morgan fingerprint density at radius 2 is 1.10 bits per heavy atom. The minimum absolute atomic E-state index is 0.0177. The highest BCUT2D eigenvalue weighted by Crippen LogP contribution is 2.33. The lowest BCUT2D eigenvalue weighted by molar-refractivity contribution is 0.0967. The summed E-state index contributed by atoms with van der Waals surface area (Å²) in [7, 11) is 3.14. The van der Waals surface area contributed by atoms with Crippen molar-refractivity contribution in [1.29, 1.82) is 0 Å². The third-order valence-electron chi connectivity index (χ3n) is 4.39.